The Balaban J connectivity index is 0.00000544. The standard InChI is InChI=1S/C23H38O6PSi2.HI/c1-9-20-30(21-16-12-10-13-17-21,22-18-14-11-15-19-22)23(2,31(24-3,25-4)26-5)32(27-6,28-7)29-8;/h10-19H,9,20H2,1-8H3;1H/q+1;/p-1. The van der Waals surface area contributed by atoms with Gasteiger partial charge < -0.3 is 50.5 Å². The number of benzene rings is 2. The summed E-state index contributed by atoms with van der Waals surface area (Å²) < 4.78 is 36.5. The Morgan fingerprint density at radius 3 is 1.18 bits per heavy atom. The first-order chi connectivity index (χ1) is 15.4. The van der Waals surface area contributed by atoms with Gasteiger partial charge in [0.1, 0.15) is 0 Å². The molecule has 0 bridgehead atoms. The van der Waals surface area contributed by atoms with Gasteiger partial charge in [-0.25, -0.2) is 0 Å². The van der Waals surface area contributed by atoms with Crippen LogP contribution in [0.2, 0.25) is 0 Å². The molecule has 0 aliphatic rings. The number of hydrogen-bond donors (Lipinski definition) is 0. The molecule has 0 aromatic heterocycles. The molecule has 0 atom stereocenters. The Kier molecular flexibility index (Phi) is 12.3. The van der Waals surface area contributed by atoms with Crippen molar-refractivity contribution in [3.63, 3.8) is 0 Å². The van der Waals surface area contributed by atoms with Crippen LogP contribution in [0.3, 0.4) is 0 Å². The van der Waals surface area contributed by atoms with Crippen LogP contribution < -0.4 is 34.6 Å². The van der Waals surface area contributed by atoms with Crippen LogP contribution in [0.25, 0.3) is 0 Å². The van der Waals surface area contributed by atoms with Gasteiger partial charge in [-0.15, -0.1) is 0 Å². The van der Waals surface area contributed by atoms with Gasteiger partial charge in [0.15, 0.2) is 0 Å². The summed E-state index contributed by atoms with van der Waals surface area (Å²) in [5.74, 6) is 0. The van der Waals surface area contributed by atoms with Crippen molar-refractivity contribution in [2.75, 3.05) is 48.8 Å². The van der Waals surface area contributed by atoms with Gasteiger partial charge in [0.05, 0.1) is 24.0 Å². The first-order valence-corrected chi connectivity index (χ1v) is 16.1. The van der Waals surface area contributed by atoms with Crippen LogP contribution in [-0.4, -0.2) is 70.8 Å². The van der Waals surface area contributed by atoms with Crippen LogP contribution in [0.5, 0.6) is 0 Å². The van der Waals surface area contributed by atoms with E-state index in [2.05, 4.69) is 62.4 Å². The zero-order valence-corrected chi connectivity index (χ0v) is 26.0. The van der Waals surface area contributed by atoms with Crippen molar-refractivity contribution in [3.05, 3.63) is 60.7 Å². The summed E-state index contributed by atoms with van der Waals surface area (Å²) in [6.45, 7) is 4.34. The fourth-order valence-corrected chi connectivity index (χ4v) is 23.8. The Morgan fingerprint density at radius 2 is 0.939 bits per heavy atom. The number of rotatable bonds is 13. The average molecular weight is 625 g/mol. The summed E-state index contributed by atoms with van der Waals surface area (Å²) in [4.78, 5) is 0. The zero-order chi connectivity index (χ0) is 23.9. The molecule has 0 spiro atoms. The molecular formula is C23H38IO6PSi2. The van der Waals surface area contributed by atoms with E-state index in [1.165, 1.54) is 10.6 Å². The van der Waals surface area contributed by atoms with E-state index in [0.717, 1.165) is 12.6 Å². The largest absolute Gasteiger partial charge is 1.00 e. The van der Waals surface area contributed by atoms with Gasteiger partial charge in [-0.3, -0.25) is 0 Å². The molecule has 33 heavy (non-hydrogen) atoms. The van der Waals surface area contributed by atoms with Crippen molar-refractivity contribution >= 4 is 35.5 Å². The quantitative estimate of drug-likeness (QED) is 0.186. The van der Waals surface area contributed by atoms with Crippen molar-refractivity contribution in [2.24, 2.45) is 0 Å². The van der Waals surface area contributed by atoms with E-state index in [9.17, 15) is 0 Å². The maximum atomic E-state index is 6.23. The Bertz CT molecular complexity index is 746. The van der Waals surface area contributed by atoms with E-state index < -0.39 is 29.3 Å². The average Bonchev–Trinajstić information content (AvgIpc) is 2.86. The van der Waals surface area contributed by atoms with Gasteiger partial charge in [0.25, 0.3) is 0 Å². The fourth-order valence-electron chi connectivity index (χ4n) is 5.20. The third kappa shape index (κ3) is 4.79. The zero-order valence-electron chi connectivity index (χ0n) is 21.0. The molecule has 0 heterocycles. The van der Waals surface area contributed by atoms with E-state index >= 15 is 0 Å². The summed E-state index contributed by atoms with van der Waals surface area (Å²) in [7, 11) is 0.548. The summed E-state index contributed by atoms with van der Waals surface area (Å²) in [6.07, 6.45) is 1.82. The van der Waals surface area contributed by atoms with Crippen LogP contribution in [0, 0.1) is 0 Å². The highest BCUT2D eigenvalue weighted by molar-refractivity contribution is 7.94. The van der Waals surface area contributed by atoms with Crippen molar-refractivity contribution in [2.45, 2.75) is 24.7 Å². The molecule has 0 amide bonds. The smallest absolute Gasteiger partial charge is 0.551 e. The van der Waals surface area contributed by atoms with E-state index in [1.54, 1.807) is 42.7 Å². The van der Waals surface area contributed by atoms with Crippen LogP contribution in [-0.2, 0) is 26.6 Å². The molecule has 6 nitrogen and oxygen atoms in total. The minimum atomic E-state index is -3.47. The van der Waals surface area contributed by atoms with Crippen molar-refractivity contribution in [3.8, 4) is 0 Å². The third-order valence-electron chi connectivity index (χ3n) is 6.52. The van der Waals surface area contributed by atoms with Crippen molar-refractivity contribution < 1.29 is 50.5 Å². The SMILES string of the molecule is CCC[P+](c1ccccc1)(c1ccccc1)C(C)([Si](OC)(OC)OC)[Si](OC)(OC)OC.[I-]. The Labute approximate surface area is 219 Å². The second kappa shape index (κ2) is 13.2. The van der Waals surface area contributed by atoms with Gasteiger partial charge in [-0.2, -0.15) is 0 Å². The molecule has 0 aliphatic carbocycles. The highest BCUT2D eigenvalue weighted by Gasteiger charge is 2.86. The van der Waals surface area contributed by atoms with Crippen molar-refractivity contribution in [1.29, 1.82) is 0 Å². The molecule has 0 saturated carbocycles. The molecule has 2 aromatic rings. The third-order valence-corrected chi connectivity index (χ3v) is 22.9. The number of halogens is 1. The summed E-state index contributed by atoms with van der Waals surface area (Å²) in [6, 6.07) is 21.1. The molecule has 2 rings (SSSR count). The number of hydrogen-bond acceptors (Lipinski definition) is 6. The predicted molar refractivity (Wildman–Crippen MR) is 136 cm³/mol. The lowest BCUT2D eigenvalue weighted by atomic mass is 10.4. The molecular weight excluding hydrogens is 586 g/mol. The van der Waals surface area contributed by atoms with Gasteiger partial charge in [0.2, 0.25) is 4.40 Å². The van der Waals surface area contributed by atoms with Gasteiger partial charge >= 0.3 is 17.6 Å². The van der Waals surface area contributed by atoms with E-state index in [-0.39, 0.29) is 24.0 Å². The van der Waals surface area contributed by atoms with E-state index in [4.69, 9.17) is 26.6 Å². The summed E-state index contributed by atoms with van der Waals surface area (Å²) in [5, 5.41) is 2.42. The van der Waals surface area contributed by atoms with Crippen LogP contribution in [0.1, 0.15) is 20.3 Å². The second-order valence-corrected chi connectivity index (χ2v) is 19.6. The maximum Gasteiger partial charge on any atom is 0.551 e. The van der Waals surface area contributed by atoms with Gasteiger partial charge in [-0.05, 0) is 37.6 Å². The molecule has 0 aliphatic heterocycles. The van der Waals surface area contributed by atoms with Crippen LogP contribution in [0.4, 0.5) is 0 Å². The monoisotopic (exact) mass is 624 g/mol. The van der Waals surface area contributed by atoms with Crippen molar-refractivity contribution in [1.82, 2.24) is 0 Å². The van der Waals surface area contributed by atoms with Gasteiger partial charge in [0, 0.05) is 42.7 Å². The topological polar surface area (TPSA) is 55.4 Å². The Hall–Kier alpha value is -0.206. The van der Waals surface area contributed by atoms with Crippen LogP contribution in [0.15, 0.2) is 60.7 Å². The predicted octanol–water partition coefficient (Wildman–Crippen LogP) is 0.662. The maximum absolute atomic E-state index is 6.23. The lowest BCUT2D eigenvalue weighted by Crippen LogP contribution is -3.00. The van der Waals surface area contributed by atoms with E-state index in [1.807, 2.05) is 12.1 Å². The highest BCUT2D eigenvalue weighted by Crippen LogP contribution is 2.72. The van der Waals surface area contributed by atoms with E-state index in [0.29, 0.717) is 0 Å². The molecule has 10 heteroatoms. The molecule has 186 valence electrons. The first kappa shape index (κ1) is 30.8. The normalized spacial score (nSPS) is 13.0. The second-order valence-electron chi connectivity index (χ2n) is 7.61. The molecule has 0 fully saturated rings. The minimum absolute atomic E-state index is 0. The Morgan fingerprint density at radius 1 is 0.636 bits per heavy atom. The molecule has 0 N–H and O–H groups in total. The molecule has 0 unspecified atom stereocenters. The van der Waals surface area contributed by atoms with Crippen LogP contribution >= 0.6 is 7.26 Å². The first-order valence-electron chi connectivity index (χ1n) is 10.7. The lowest BCUT2D eigenvalue weighted by Gasteiger charge is -2.52. The lowest BCUT2D eigenvalue weighted by molar-refractivity contribution is -0.0000195. The minimum Gasteiger partial charge on any atom is -1.00 e. The summed E-state index contributed by atoms with van der Waals surface area (Å²) >= 11 is 0. The molecule has 0 radical (unpaired) electrons. The van der Waals surface area contributed by atoms with Gasteiger partial charge in [-0.1, -0.05) is 43.3 Å². The summed E-state index contributed by atoms with van der Waals surface area (Å²) in [5.41, 5.74) is 0. The fraction of sp³-hybridized carbons (Fsp3) is 0.478. The molecule has 2 aromatic carbocycles. The highest BCUT2D eigenvalue weighted by atomic mass is 127. The molecule has 0 saturated heterocycles.